The molecule has 0 radical (unpaired) electrons. The number of rotatable bonds is 9. The van der Waals surface area contributed by atoms with Crippen LogP contribution in [0.25, 0.3) is 0 Å². The number of morpholine rings is 1. The molecule has 1 aliphatic heterocycles. The van der Waals surface area contributed by atoms with Gasteiger partial charge in [0, 0.05) is 45.5 Å². The van der Waals surface area contributed by atoms with Gasteiger partial charge in [-0.2, -0.15) is 0 Å². The van der Waals surface area contributed by atoms with E-state index >= 15 is 0 Å². The van der Waals surface area contributed by atoms with Crippen molar-refractivity contribution in [3.05, 3.63) is 30.9 Å². The van der Waals surface area contributed by atoms with E-state index in [2.05, 4.69) is 47.5 Å². The van der Waals surface area contributed by atoms with Crippen molar-refractivity contribution in [3.63, 3.8) is 0 Å². The molecule has 29 heavy (non-hydrogen) atoms. The number of ether oxygens (including phenoxy) is 1. The fraction of sp³-hybridized carbons (Fsp3) is 0.714. The molecule has 0 unspecified atom stereocenters. The van der Waals surface area contributed by atoms with Crippen LogP contribution < -0.4 is 0 Å². The Balaban J connectivity index is 0.000000729. The van der Waals surface area contributed by atoms with Gasteiger partial charge in [0.25, 0.3) is 0 Å². The fourth-order valence-electron chi connectivity index (χ4n) is 3.06. The van der Waals surface area contributed by atoms with Gasteiger partial charge in [0.05, 0.1) is 24.5 Å². The van der Waals surface area contributed by atoms with Gasteiger partial charge in [-0.25, -0.2) is 0 Å². The van der Waals surface area contributed by atoms with Crippen molar-refractivity contribution in [2.45, 2.75) is 39.5 Å². The Hall–Kier alpha value is -0.731. The third-order valence-corrected chi connectivity index (χ3v) is 4.70. The molecule has 1 aromatic heterocycles. The first kappa shape index (κ1) is 28.3. The van der Waals surface area contributed by atoms with E-state index in [4.69, 9.17) is 4.74 Å². The topological polar surface area (TPSA) is 72.3 Å². The van der Waals surface area contributed by atoms with Gasteiger partial charge in [0.2, 0.25) is 0 Å². The van der Waals surface area contributed by atoms with Crippen LogP contribution in [0, 0.1) is 6.92 Å². The van der Waals surface area contributed by atoms with Gasteiger partial charge in [0.1, 0.15) is 5.75 Å². The van der Waals surface area contributed by atoms with Crippen molar-refractivity contribution < 1.29 is 32.0 Å². The summed E-state index contributed by atoms with van der Waals surface area (Å²) in [6, 6.07) is 3.38. The van der Waals surface area contributed by atoms with E-state index in [0.29, 0.717) is 31.4 Å². The number of nitrogens with zero attached hydrogens (tertiary/aromatic N) is 4. The number of pyridine rings is 1. The molecule has 1 fully saturated rings. The van der Waals surface area contributed by atoms with Gasteiger partial charge in [0.15, 0.2) is 0 Å². The SMILES string of the molecule is C[C@H]1CN(C)CCO1.[CH2-]CN(CCN(CC)Cc1ncccc1O)C[C@H](C)O.[Fe+4]. The average molecular weight is 451 g/mol. The Labute approximate surface area is 187 Å². The summed E-state index contributed by atoms with van der Waals surface area (Å²) in [5.74, 6) is 0.240. The van der Waals surface area contributed by atoms with Gasteiger partial charge in [-0.05, 0) is 39.6 Å². The van der Waals surface area contributed by atoms with Crippen LogP contribution in [0.3, 0.4) is 0 Å². The van der Waals surface area contributed by atoms with E-state index in [1.54, 1.807) is 25.3 Å². The summed E-state index contributed by atoms with van der Waals surface area (Å²) < 4.78 is 5.31. The normalized spacial score (nSPS) is 18.1. The van der Waals surface area contributed by atoms with E-state index in [-0.39, 0.29) is 28.9 Å². The number of aromatic hydroxyl groups is 1. The summed E-state index contributed by atoms with van der Waals surface area (Å²) >= 11 is 0. The van der Waals surface area contributed by atoms with Crippen molar-refractivity contribution in [1.29, 1.82) is 0 Å². The Morgan fingerprint density at radius 3 is 2.55 bits per heavy atom. The third-order valence-electron chi connectivity index (χ3n) is 4.70. The van der Waals surface area contributed by atoms with Crippen LogP contribution in [0.2, 0.25) is 0 Å². The van der Waals surface area contributed by atoms with Crippen LogP contribution in [-0.4, -0.2) is 102 Å². The molecular weight excluding hydrogens is 412 g/mol. The molecule has 0 spiro atoms. The molecule has 166 valence electrons. The summed E-state index contributed by atoms with van der Waals surface area (Å²) in [7, 11) is 2.12. The van der Waals surface area contributed by atoms with Crippen LogP contribution in [0.15, 0.2) is 18.3 Å². The zero-order valence-electron chi connectivity index (χ0n) is 18.4. The van der Waals surface area contributed by atoms with Crippen molar-refractivity contribution in [3.8, 4) is 5.75 Å². The van der Waals surface area contributed by atoms with E-state index < -0.39 is 0 Å². The van der Waals surface area contributed by atoms with Crippen LogP contribution in [0.4, 0.5) is 0 Å². The summed E-state index contributed by atoms with van der Waals surface area (Å²) in [5, 5.41) is 19.2. The van der Waals surface area contributed by atoms with E-state index in [1.165, 1.54) is 0 Å². The Morgan fingerprint density at radius 1 is 1.38 bits per heavy atom. The maximum absolute atomic E-state index is 9.75. The average Bonchev–Trinajstić information content (AvgIpc) is 2.65. The molecule has 0 bridgehead atoms. The quantitative estimate of drug-likeness (QED) is 0.435. The van der Waals surface area contributed by atoms with E-state index in [9.17, 15) is 10.2 Å². The monoisotopic (exact) mass is 451 g/mol. The Morgan fingerprint density at radius 2 is 2.07 bits per heavy atom. The number of hydrogen-bond acceptors (Lipinski definition) is 7. The molecule has 2 N–H and O–H groups in total. The molecule has 0 aliphatic carbocycles. The summed E-state index contributed by atoms with van der Waals surface area (Å²) in [6.45, 7) is 17.5. The molecule has 2 atom stereocenters. The first-order valence-corrected chi connectivity index (χ1v) is 10.2. The maximum Gasteiger partial charge on any atom is 4.00 e. The number of aliphatic hydroxyl groups is 1. The molecule has 0 amide bonds. The molecule has 1 saturated heterocycles. The predicted molar refractivity (Wildman–Crippen MR) is 113 cm³/mol. The van der Waals surface area contributed by atoms with Crippen molar-refractivity contribution >= 4 is 0 Å². The standard InChI is InChI=1S/C15H26N3O2.C6H13NO.Fe/c1-4-17(11-13(3)19)9-10-18(5-2)12-14-15(20)7-6-8-16-14;1-6-5-7(2)3-4-8-6;/h6-8,13,19-20H,1,4-5,9-12H2,2-3H3;6H,3-5H2,1-2H3;/q-1;;+4/t13-;6-;/m00./s1. The minimum Gasteiger partial charge on any atom is -0.506 e. The second kappa shape index (κ2) is 16.0. The van der Waals surface area contributed by atoms with Crippen molar-refractivity contribution in [1.82, 2.24) is 19.7 Å². The second-order valence-electron chi connectivity index (χ2n) is 7.43. The molecule has 1 aromatic rings. The molecule has 0 saturated carbocycles. The maximum atomic E-state index is 9.75. The molecule has 8 heteroatoms. The van der Waals surface area contributed by atoms with Crippen LogP contribution in [0.5, 0.6) is 5.75 Å². The fourth-order valence-corrected chi connectivity index (χ4v) is 3.06. The molecule has 1 aliphatic rings. The Kier molecular flexibility index (Phi) is 15.6. The Bertz CT molecular complexity index is 528. The first-order valence-electron chi connectivity index (χ1n) is 10.2. The van der Waals surface area contributed by atoms with Gasteiger partial charge in [-0.1, -0.05) is 6.92 Å². The minimum absolute atomic E-state index is 0. The first-order chi connectivity index (χ1) is 13.3. The molecule has 2 rings (SSSR count). The van der Waals surface area contributed by atoms with E-state index in [0.717, 1.165) is 39.3 Å². The van der Waals surface area contributed by atoms with Gasteiger partial charge >= 0.3 is 17.1 Å². The summed E-state index contributed by atoms with van der Waals surface area (Å²) in [4.78, 5) is 10.8. The largest absolute Gasteiger partial charge is 4.00 e. The molecular formula is C21H39FeN4O3+3. The molecule has 7 nitrogen and oxygen atoms in total. The number of hydrogen-bond donors (Lipinski definition) is 2. The van der Waals surface area contributed by atoms with Crippen LogP contribution in [-0.2, 0) is 28.4 Å². The molecule has 0 aromatic carbocycles. The minimum atomic E-state index is -0.341. The molecule has 2 heterocycles. The summed E-state index contributed by atoms with van der Waals surface area (Å²) in [6.07, 6.45) is 1.79. The van der Waals surface area contributed by atoms with Gasteiger partial charge in [-0.3, -0.25) is 9.88 Å². The van der Waals surface area contributed by atoms with Gasteiger partial charge < -0.3 is 31.7 Å². The van der Waals surface area contributed by atoms with E-state index in [1.807, 2.05) is 0 Å². The van der Waals surface area contributed by atoms with Crippen LogP contribution in [0.1, 0.15) is 26.5 Å². The third kappa shape index (κ3) is 12.5. The zero-order valence-corrected chi connectivity index (χ0v) is 19.5. The van der Waals surface area contributed by atoms with Gasteiger partial charge in [-0.15, -0.1) is 6.54 Å². The van der Waals surface area contributed by atoms with Crippen LogP contribution >= 0.6 is 0 Å². The predicted octanol–water partition coefficient (Wildman–Crippen LogP) is 1.46. The zero-order chi connectivity index (χ0) is 20.9. The van der Waals surface area contributed by atoms with Crippen molar-refractivity contribution in [2.24, 2.45) is 0 Å². The van der Waals surface area contributed by atoms with Crippen molar-refractivity contribution in [2.75, 3.05) is 59.5 Å². The number of likely N-dealkylation sites (N-methyl/N-ethyl adjacent to an activating group) is 2. The second-order valence-corrected chi connectivity index (χ2v) is 7.43. The number of aromatic nitrogens is 1. The smallest absolute Gasteiger partial charge is 0.506 e. The summed E-state index contributed by atoms with van der Waals surface area (Å²) in [5.41, 5.74) is 0.700. The number of aliphatic hydroxyl groups excluding tert-OH is 1.